The van der Waals surface area contributed by atoms with E-state index in [9.17, 15) is 22.8 Å². The number of alkyl halides is 3. The van der Waals surface area contributed by atoms with Crippen LogP contribution in [0.5, 0.6) is 11.6 Å². The van der Waals surface area contributed by atoms with Crippen LogP contribution >= 0.6 is 0 Å². The summed E-state index contributed by atoms with van der Waals surface area (Å²) in [5.41, 5.74) is 1.36. The molecule has 15 heteroatoms. The Labute approximate surface area is 279 Å². The number of rotatable bonds is 6. The number of hydrogen-bond donors (Lipinski definition) is 1. The number of carbonyl (C=O) groups excluding carboxylic acids is 2. The second-order valence-electron chi connectivity index (χ2n) is 12.7. The van der Waals surface area contributed by atoms with Gasteiger partial charge in [0.05, 0.1) is 54.3 Å². The highest BCUT2D eigenvalue weighted by Crippen LogP contribution is 2.35. The zero-order valence-corrected chi connectivity index (χ0v) is 27.7. The number of aromatic amines is 1. The van der Waals surface area contributed by atoms with Gasteiger partial charge < -0.3 is 33.6 Å². The number of nitrogens with zero attached hydrogens (tertiary/aromatic N) is 6. The molecule has 5 aromatic rings. The summed E-state index contributed by atoms with van der Waals surface area (Å²) in [6.07, 6.45) is -3.56. The molecule has 1 N–H and O–H groups in total. The molecule has 1 unspecified atom stereocenters. The molecule has 12 nitrogen and oxygen atoms in total. The number of benzene rings is 2. The Bertz CT molecular complexity index is 2020. The minimum absolute atomic E-state index is 0.0108. The third kappa shape index (κ3) is 6.96. The van der Waals surface area contributed by atoms with Crippen LogP contribution in [0.15, 0.2) is 54.7 Å². The van der Waals surface area contributed by atoms with Crippen LogP contribution in [-0.2, 0) is 22.3 Å². The molecular weight excluding hydrogens is 643 g/mol. The Balaban J connectivity index is 1.38. The average molecular weight is 680 g/mol. The van der Waals surface area contributed by atoms with E-state index in [-0.39, 0.29) is 37.1 Å². The maximum Gasteiger partial charge on any atom is 0.449 e. The molecule has 0 spiro atoms. The molecule has 258 valence electrons. The van der Waals surface area contributed by atoms with E-state index in [0.717, 1.165) is 15.5 Å². The fourth-order valence-electron chi connectivity index (χ4n) is 5.94. The highest BCUT2D eigenvalue weighted by Gasteiger charge is 2.40. The lowest BCUT2D eigenvalue weighted by Crippen LogP contribution is -2.41. The van der Waals surface area contributed by atoms with E-state index in [4.69, 9.17) is 14.2 Å². The first-order valence-electron chi connectivity index (χ1n) is 15.6. The number of H-pyrrole nitrogens is 1. The number of hydrogen-bond acceptors (Lipinski definition) is 8. The number of amides is 2. The molecule has 0 aliphatic carbocycles. The Hall–Kier alpha value is -5.34. The Morgan fingerprint density at radius 1 is 0.959 bits per heavy atom. The summed E-state index contributed by atoms with van der Waals surface area (Å²) in [6, 6.07) is 13.1. The minimum atomic E-state index is -4.83. The van der Waals surface area contributed by atoms with Gasteiger partial charge in [-0.1, -0.05) is 18.2 Å². The van der Waals surface area contributed by atoms with Crippen LogP contribution in [0.25, 0.3) is 33.2 Å². The van der Waals surface area contributed by atoms with E-state index in [1.807, 2.05) is 30.3 Å². The standard InChI is InChI=1S/C34H36F3N7O5/c1-33(2,3)49-32(46)42-13-12-26(29-38-18-25(39-29)22-16-20-8-6-7-9-23(20)40-30(22)48-5)43(15-14-42)28(45)19-44-27-17-21(47-4)10-11-24(27)41-31(44)34(35,36)37/h6-11,16-18,26H,12-15,19H2,1-5H3,(H,38,39). The summed E-state index contributed by atoms with van der Waals surface area (Å²) in [7, 11) is 2.91. The van der Waals surface area contributed by atoms with Crippen LogP contribution in [0, 0.1) is 0 Å². The molecule has 4 heterocycles. The van der Waals surface area contributed by atoms with E-state index < -0.39 is 42.2 Å². The van der Waals surface area contributed by atoms with Crippen molar-refractivity contribution in [3.63, 3.8) is 0 Å². The van der Waals surface area contributed by atoms with E-state index >= 15 is 0 Å². The summed E-state index contributed by atoms with van der Waals surface area (Å²) >= 11 is 0. The number of carbonyl (C=O) groups is 2. The van der Waals surface area contributed by atoms with Gasteiger partial charge in [-0.15, -0.1) is 0 Å². The second kappa shape index (κ2) is 12.9. The topological polar surface area (TPSA) is 128 Å². The monoisotopic (exact) mass is 679 g/mol. The number of aromatic nitrogens is 5. The van der Waals surface area contributed by atoms with Gasteiger partial charge in [0.25, 0.3) is 0 Å². The summed E-state index contributed by atoms with van der Waals surface area (Å²) in [5, 5.41) is 0.874. The van der Waals surface area contributed by atoms with Gasteiger partial charge in [0, 0.05) is 31.1 Å². The molecular formula is C34H36F3N7O5. The molecule has 0 saturated carbocycles. The molecule has 49 heavy (non-hydrogen) atoms. The third-order valence-corrected chi connectivity index (χ3v) is 8.22. The van der Waals surface area contributed by atoms with Crippen molar-refractivity contribution < 1.29 is 37.0 Å². The van der Waals surface area contributed by atoms with Crippen LogP contribution in [-0.4, -0.2) is 85.8 Å². The molecule has 1 aliphatic heterocycles. The van der Waals surface area contributed by atoms with Crippen molar-refractivity contribution in [1.82, 2.24) is 34.3 Å². The van der Waals surface area contributed by atoms with Crippen LogP contribution in [0.4, 0.5) is 18.0 Å². The summed E-state index contributed by atoms with van der Waals surface area (Å²) in [4.78, 5) is 46.5. The molecule has 1 fully saturated rings. The molecule has 6 rings (SSSR count). The third-order valence-electron chi connectivity index (χ3n) is 8.22. The average Bonchev–Trinajstić information content (AvgIpc) is 3.61. The number of halogens is 3. The summed E-state index contributed by atoms with van der Waals surface area (Å²) in [6.45, 7) is 4.91. The zero-order chi connectivity index (χ0) is 35.1. The number of methoxy groups -OCH3 is 2. The Morgan fingerprint density at radius 3 is 2.45 bits per heavy atom. The molecule has 2 aromatic carbocycles. The van der Waals surface area contributed by atoms with Gasteiger partial charge in [-0.25, -0.2) is 19.7 Å². The maximum absolute atomic E-state index is 14.2. The number of imidazole rings is 2. The second-order valence-corrected chi connectivity index (χ2v) is 12.7. The number of nitrogens with one attached hydrogen (secondary N) is 1. The van der Waals surface area contributed by atoms with Crippen LogP contribution in [0.2, 0.25) is 0 Å². The molecule has 1 saturated heterocycles. The van der Waals surface area contributed by atoms with Gasteiger partial charge in [0.1, 0.15) is 23.7 Å². The van der Waals surface area contributed by atoms with E-state index in [0.29, 0.717) is 28.7 Å². The highest BCUT2D eigenvalue weighted by atomic mass is 19.4. The zero-order valence-electron chi connectivity index (χ0n) is 27.7. The largest absolute Gasteiger partial charge is 0.497 e. The highest BCUT2D eigenvalue weighted by molar-refractivity contribution is 5.86. The van der Waals surface area contributed by atoms with Gasteiger partial charge in [-0.2, -0.15) is 13.2 Å². The van der Waals surface area contributed by atoms with Gasteiger partial charge in [-0.3, -0.25) is 4.79 Å². The lowest BCUT2D eigenvalue weighted by atomic mass is 10.1. The lowest BCUT2D eigenvalue weighted by molar-refractivity contribution is -0.148. The van der Waals surface area contributed by atoms with Crippen molar-refractivity contribution in [3.05, 3.63) is 66.4 Å². The van der Waals surface area contributed by atoms with Crippen molar-refractivity contribution in [1.29, 1.82) is 0 Å². The van der Waals surface area contributed by atoms with Crippen molar-refractivity contribution in [2.45, 2.75) is 51.6 Å². The molecule has 0 bridgehead atoms. The molecule has 0 radical (unpaired) electrons. The first kappa shape index (κ1) is 33.6. The maximum atomic E-state index is 14.2. The summed E-state index contributed by atoms with van der Waals surface area (Å²) in [5.74, 6) is -0.760. The van der Waals surface area contributed by atoms with Crippen LogP contribution in [0.1, 0.15) is 44.9 Å². The first-order valence-corrected chi connectivity index (χ1v) is 15.6. The van der Waals surface area contributed by atoms with E-state index in [1.54, 1.807) is 27.0 Å². The van der Waals surface area contributed by atoms with Gasteiger partial charge in [0.2, 0.25) is 17.6 Å². The smallest absolute Gasteiger partial charge is 0.449 e. The van der Waals surface area contributed by atoms with Crippen molar-refractivity contribution in [3.8, 4) is 22.9 Å². The van der Waals surface area contributed by atoms with E-state index in [1.165, 1.54) is 42.2 Å². The number of para-hydroxylation sites is 1. The van der Waals surface area contributed by atoms with Gasteiger partial charge in [-0.05, 0) is 51.5 Å². The Kier molecular flexibility index (Phi) is 8.86. The van der Waals surface area contributed by atoms with Crippen LogP contribution < -0.4 is 9.47 Å². The quantitative estimate of drug-likeness (QED) is 0.224. The minimum Gasteiger partial charge on any atom is -0.497 e. The predicted octanol–water partition coefficient (Wildman–Crippen LogP) is 6.22. The Morgan fingerprint density at radius 2 is 1.73 bits per heavy atom. The molecule has 2 amide bonds. The number of pyridine rings is 1. The van der Waals surface area contributed by atoms with Crippen molar-refractivity contribution in [2.24, 2.45) is 0 Å². The van der Waals surface area contributed by atoms with Crippen molar-refractivity contribution >= 4 is 33.9 Å². The number of ether oxygens (including phenoxy) is 3. The number of fused-ring (bicyclic) bond motifs is 2. The van der Waals surface area contributed by atoms with Crippen LogP contribution in [0.3, 0.4) is 0 Å². The van der Waals surface area contributed by atoms with Gasteiger partial charge in [0.15, 0.2) is 0 Å². The summed E-state index contributed by atoms with van der Waals surface area (Å²) < 4.78 is 60.0. The van der Waals surface area contributed by atoms with E-state index in [2.05, 4.69) is 19.9 Å². The fourth-order valence-corrected chi connectivity index (χ4v) is 5.94. The fraction of sp³-hybridized carbons (Fsp3) is 0.382. The van der Waals surface area contributed by atoms with Crippen molar-refractivity contribution in [2.75, 3.05) is 33.9 Å². The lowest BCUT2D eigenvalue weighted by Gasteiger charge is -2.29. The van der Waals surface area contributed by atoms with Gasteiger partial charge >= 0.3 is 12.3 Å². The molecule has 1 atom stereocenters. The molecule has 3 aromatic heterocycles. The normalized spacial score (nSPS) is 15.8. The predicted molar refractivity (Wildman–Crippen MR) is 174 cm³/mol. The first-order chi connectivity index (χ1) is 23.3. The molecule has 1 aliphatic rings. The SMILES string of the molecule is COc1ccc2nc(C(F)(F)F)n(CC(=O)N3CCN(C(=O)OC(C)(C)C)CCC3c3ncc(-c4cc5ccccc5nc4OC)[nH]3)c2c1.